The Kier molecular flexibility index (Phi) is 2.80. The number of aryl methyl sites for hydroxylation is 1. The van der Waals surface area contributed by atoms with E-state index in [4.69, 9.17) is 0 Å². The summed E-state index contributed by atoms with van der Waals surface area (Å²) >= 11 is 0. The predicted octanol–water partition coefficient (Wildman–Crippen LogP) is 2.06. The van der Waals surface area contributed by atoms with Gasteiger partial charge in [0.25, 0.3) is 0 Å². The molecule has 0 bridgehead atoms. The normalized spacial score (nSPS) is 18.9. The lowest BCUT2D eigenvalue weighted by Crippen LogP contribution is -2.35. The molecule has 0 spiro atoms. The number of fused-ring (bicyclic) bond motifs is 1. The van der Waals surface area contributed by atoms with E-state index < -0.39 is 0 Å². The van der Waals surface area contributed by atoms with Crippen LogP contribution in [0.2, 0.25) is 0 Å². The molecule has 1 aliphatic heterocycles. The Hall–Kier alpha value is -2.17. The zero-order valence-electron chi connectivity index (χ0n) is 12.1. The minimum absolute atomic E-state index is 0.308. The van der Waals surface area contributed by atoms with Crippen LogP contribution in [-0.2, 0) is 4.79 Å². The Balaban J connectivity index is 1.62. The number of carbonyl (C=O) groups is 1. The van der Waals surface area contributed by atoms with E-state index in [1.165, 1.54) is 5.57 Å². The summed E-state index contributed by atoms with van der Waals surface area (Å²) in [4.78, 5) is 18.6. The molecule has 2 aromatic heterocycles. The quantitative estimate of drug-likeness (QED) is 0.847. The summed E-state index contributed by atoms with van der Waals surface area (Å²) in [6, 6.07) is 4.09. The van der Waals surface area contributed by atoms with E-state index >= 15 is 0 Å². The first kappa shape index (κ1) is 12.6. The molecule has 2 aliphatic rings. The monoisotopic (exact) mass is 282 g/mol. The van der Waals surface area contributed by atoms with E-state index in [0.717, 1.165) is 49.4 Å². The highest BCUT2D eigenvalue weighted by molar-refractivity contribution is 5.83. The fourth-order valence-electron chi connectivity index (χ4n) is 2.97. The van der Waals surface area contributed by atoms with Gasteiger partial charge in [0.15, 0.2) is 5.65 Å². The molecule has 1 saturated carbocycles. The Morgan fingerprint density at radius 2 is 2.24 bits per heavy atom. The van der Waals surface area contributed by atoms with Crippen LogP contribution in [0.4, 0.5) is 0 Å². The van der Waals surface area contributed by atoms with Crippen molar-refractivity contribution < 1.29 is 4.79 Å². The highest BCUT2D eigenvalue weighted by Gasteiger charge is 2.33. The predicted molar refractivity (Wildman–Crippen MR) is 79.6 cm³/mol. The van der Waals surface area contributed by atoms with Crippen molar-refractivity contribution in [2.45, 2.75) is 26.2 Å². The van der Waals surface area contributed by atoms with Crippen molar-refractivity contribution in [3.8, 4) is 0 Å². The molecular formula is C16H18N4O. The first-order chi connectivity index (χ1) is 10.2. The number of hydrogen-bond donors (Lipinski definition) is 0. The molecule has 0 radical (unpaired) electrons. The first-order valence-electron chi connectivity index (χ1n) is 7.52. The van der Waals surface area contributed by atoms with Gasteiger partial charge in [-0.2, -0.15) is 5.10 Å². The molecule has 0 N–H and O–H groups in total. The summed E-state index contributed by atoms with van der Waals surface area (Å²) in [6.07, 6.45) is 7.13. The lowest BCUT2D eigenvalue weighted by Gasteiger charge is -2.26. The average molecular weight is 282 g/mol. The van der Waals surface area contributed by atoms with Crippen molar-refractivity contribution in [2.24, 2.45) is 5.92 Å². The van der Waals surface area contributed by atoms with Crippen LogP contribution in [-0.4, -0.2) is 38.5 Å². The van der Waals surface area contributed by atoms with Crippen LogP contribution in [0.15, 0.2) is 24.4 Å². The number of hydrogen-bond acceptors (Lipinski definition) is 3. The first-order valence-corrected chi connectivity index (χ1v) is 7.52. The maximum absolute atomic E-state index is 12.1. The maximum atomic E-state index is 12.1. The molecule has 108 valence electrons. The lowest BCUT2D eigenvalue weighted by atomic mass is 10.00. The molecule has 1 aliphatic carbocycles. The van der Waals surface area contributed by atoms with Crippen LogP contribution in [0.5, 0.6) is 0 Å². The molecule has 5 heteroatoms. The zero-order valence-corrected chi connectivity index (χ0v) is 12.1. The summed E-state index contributed by atoms with van der Waals surface area (Å²) in [5.74, 6) is 1.42. The van der Waals surface area contributed by atoms with Gasteiger partial charge in [0.05, 0.1) is 0 Å². The van der Waals surface area contributed by atoms with Gasteiger partial charge in [-0.1, -0.05) is 6.08 Å². The second-order valence-corrected chi connectivity index (χ2v) is 5.89. The molecular weight excluding hydrogens is 264 g/mol. The minimum atomic E-state index is 0.308. The van der Waals surface area contributed by atoms with Gasteiger partial charge in [-0.25, -0.2) is 9.50 Å². The highest BCUT2D eigenvalue weighted by Crippen LogP contribution is 2.33. The largest absolute Gasteiger partial charge is 0.338 e. The number of amides is 1. The third kappa shape index (κ3) is 2.22. The van der Waals surface area contributed by atoms with Gasteiger partial charge in [-0.15, -0.1) is 0 Å². The van der Waals surface area contributed by atoms with Gasteiger partial charge in [0, 0.05) is 30.8 Å². The molecule has 1 amide bonds. The third-order valence-corrected chi connectivity index (χ3v) is 4.26. The standard InChI is InChI=1S/C16H18N4O/c1-11-17-15-14(3-2-8-20(15)18-11)12-6-9-19(10-7-12)16(21)13-4-5-13/h2-3,6,8,13H,4-5,7,9-10H2,1H3. The van der Waals surface area contributed by atoms with E-state index in [0.29, 0.717) is 11.8 Å². The van der Waals surface area contributed by atoms with Gasteiger partial charge in [0.2, 0.25) is 5.91 Å². The summed E-state index contributed by atoms with van der Waals surface area (Å²) in [6.45, 7) is 3.44. The Bertz CT molecular complexity index is 742. The van der Waals surface area contributed by atoms with Crippen LogP contribution in [0.3, 0.4) is 0 Å². The molecule has 4 rings (SSSR count). The number of pyridine rings is 1. The smallest absolute Gasteiger partial charge is 0.225 e. The fourth-order valence-corrected chi connectivity index (χ4v) is 2.97. The van der Waals surface area contributed by atoms with Gasteiger partial charge < -0.3 is 4.90 Å². The lowest BCUT2D eigenvalue weighted by molar-refractivity contribution is -0.132. The van der Waals surface area contributed by atoms with E-state index in [9.17, 15) is 4.79 Å². The fraction of sp³-hybridized carbons (Fsp3) is 0.438. The van der Waals surface area contributed by atoms with Crippen molar-refractivity contribution in [3.05, 3.63) is 35.8 Å². The van der Waals surface area contributed by atoms with Gasteiger partial charge >= 0.3 is 0 Å². The van der Waals surface area contributed by atoms with Crippen LogP contribution < -0.4 is 0 Å². The molecule has 1 fully saturated rings. The molecule has 0 unspecified atom stereocenters. The minimum Gasteiger partial charge on any atom is -0.338 e. The summed E-state index contributed by atoms with van der Waals surface area (Å²) in [5, 5.41) is 4.36. The number of aromatic nitrogens is 3. The van der Waals surface area contributed by atoms with E-state index in [2.05, 4.69) is 22.2 Å². The highest BCUT2D eigenvalue weighted by atomic mass is 16.2. The van der Waals surface area contributed by atoms with Gasteiger partial charge in [-0.3, -0.25) is 4.79 Å². The van der Waals surface area contributed by atoms with Crippen molar-refractivity contribution in [1.29, 1.82) is 0 Å². The Labute approximate surface area is 123 Å². The summed E-state index contributed by atoms with van der Waals surface area (Å²) in [7, 11) is 0. The molecule has 3 heterocycles. The average Bonchev–Trinajstić information content (AvgIpc) is 3.27. The molecule has 0 saturated heterocycles. The molecule has 5 nitrogen and oxygen atoms in total. The third-order valence-electron chi connectivity index (χ3n) is 4.26. The van der Waals surface area contributed by atoms with Crippen molar-refractivity contribution in [2.75, 3.05) is 13.1 Å². The zero-order chi connectivity index (χ0) is 14.4. The van der Waals surface area contributed by atoms with Gasteiger partial charge in [-0.05, 0) is 43.9 Å². The maximum Gasteiger partial charge on any atom is 0.225 e. The topological polar surface area (TPSA) is 50.5 Å². The van der Waals surface area contributed by atoms with Crippen LogP contribution in [0.25, 0.3) is 11.2 Å². The van der Waals surface area contributed by atoms with Gasteiger partial charge in [0.1, 0.15) is 5.82 Å². The summed E-state index contributed by atoms with van der Waals surface area (Å²) in [5.41, 5.74) is 3.31. The Morgan fingerprint density at radius 3 is 2.95 bits per heavy atom. The SMILES string of the molecule is Cc1nc2c(C3=CCN(C(=O)C4CC4)CC3)cccn2n1. The second-order valence-electron chi connectivity index (χ2n) is 5.89. The Morgan fingerprint density at radius 1 is 1.38 bits per heavy atom. The second kappa shape index (κ2) is 4.69. The van der Waals surface area contributed by atoms with Crippen molar-refractivity contribution in [1.82, 2.24) is 19.5 Å². The number of nitrogens with zero attached hydrogens (tertiary/aromatic N) is 4. The van der Waals surface area contributed by atoms with Crippen LogP contribution in [0.1, 0.15) is 30.7 Å². The summed E-state index contributed by atoms with van der Waals surface area (Å²) < 4.78 is 1.83. The number of rotatable bonds is 2. The van der Waals surface area contributed by atoms with Crippen LogP contribution in [0, 0.1) is 12.8 Å². The molecule has 0 aromatic carbocycles. The van der Waals surface area contributed by atoms with Crippen LogP contribution >= 0.6 is 0 Å². The van der Waals surface area contributed by atoms with E-state index in [-0.39, 0.29) is 0 Å². The van der Waals surface area contributed by atoms with E-state index in [1.807, 2.05) is 28.6 Å². The number of carbonyl (C=O) groups excluding carboxylic acids is 1. The molecule has 2 aromatic rings. The van der Waals surface area contributed by atoms with Crippen molar-refractivity contribution in [3.63, 3.8) is 0 Å². The van der Waals surface area contributed by atoms with E-state index in [1.54, 1.807) is 0 Å². The molecule has 21 heavy (non-hydrogen) atoms. The van der Waals surface area contributed by atoms with Crippen molar-refractivity contribution >= 4 is 17.1 Å². The molecule has 0 atom stereocenters.